The van der Waals surface area contributed by atoms with Crippen LogP contribution in [0.25, 0.3) is 0 Å². The lowest BCUT2D eigenvalue weighted by molar-refractivity contribution is -0.137. The summed E-state index contributed by atoms with van der Waals surface area (Å²) < 4.78 is 5.68. The van der Waals surface area contributed by atoms with Crippen molar-refractivity contribution in [2.24, 2.45) is 0 Å². The van der Waals surface area contributed by atoms with Gasteiger partial charge in [-0.05, 0) is 32.0 Å². The molecule has 7 heteroatoms. The normalized spacial score (nSPS) is 21.2. The van der Waals surface area contributed by atoms with Crippen LogP contribution < -0.4 is 5.32 Å². The molecule has 116 valence electrons. The fourth-order valence-electron chi connectivity index (χ4n) is 2.32. The maximum Gasteiger partial charge on any atom is 0.322 e. The number of hydrogen-bond acceptors (Lipinski definition) is 3. The Labute approximate surface area is 133 Å². The van der Waals surface area contributed by atoms with E-state index in [4.69, 9.17) is 27.9 Å². The minimum Gasteiger partial charge on any atom is -0.394 e. The van der Waals surface area contributed by atoms with Gasteiger partial charge in [-0.3, -0.25) is 0 Å². The summed E-state index contributed by atoms with van der Waals surface area (Å²) in [5.41, 5.74) is 0.0694. The number of halogens is 2. The highest BCUT2D eigenvalue weighted by Gasteiger charge is 2.35. The number of aliphatic hydroxyl groups excluding tert-OH is 1. The van der Waals surface area contributed by atoms with E-state index in [1.54, 1.807) is 23.1 Å². The van der Waals surface area contributed by atoms with Crippen molar-refractivity contribution in [1.82, 2.24) is 4.90 Å². The molecule has 0 saturated carbocycles. The van der Waals surface area contributed by atoms with Crippen molar-refractivity contribution in [1.29, 1.82) is 0 Å². The van der Waals surface area contributed by atoms with Gasteiger partial charge < -0.3 is 20.1 Å². The Bertz CT molecular complexity index is 537. The van der Waals surface area contributed by atoms with Gasteiger partial charge in [0.15, 0.2) is 0 Å². The van der Waals surface area contributed by atoms with Gasteiger partial charge in [-0.1, -0.05) is 23.2 Å². The zero-order valence-electron chi connectivity index (χ0n) is 11.9. The van der Waals surface area contributed by atoms with E-state index in [0.29, 0.717) is 28.8 Å². The molecule has 1 atom stereocenters. The average molecular weight is 333 g/mol. The van der Waals surface area contributed by atoms with Gasteiger partial charge in [-0.2, -0.15) is 0 Å². The summed E-state index contributed by atoms with van der Waals surface area (Å²) >= 11 is 11.8. The number of aliphatic hydroxyl groups is 1. The summed E-state index contributed by atoms with van der Waals surface area (Å²) in [5.74, 6) is 0. The van der Waals surface area contributed by atoms with E-state index in [1.165, 1.54) is 0 Å². The van der Waals surface area contributed by atoms with Crippen LogP contribution in [0.3, 0.4) is 0 Å². The molecular formula is C14H18Cl2N2O3. The molecule has 1 fully saturated rings. The number of ether oxygens (including phenoxy) is 1. The third-order valence-electron chi connectivity index (χ3n) is 3.14. The molecule has 0 radical (unpaired) electrons. The molecule has 5 nitrogen and oxygen atoms in total. The molecule has 0 aromatic heterocycles. The van der Waals surface area contributed by atoms with Crippen LogP contribution in [-0.4, -0.2) is 47.4 Å². The molecule has 0 aliphatic carbocycles. The first-order valence-electron chi connectivity index (χ1n) is 6.60. The van der Waals surface area contributed by atoms with Crippen LogP contribution >= 0.6 is 23.2 Å². The van der Waals surface area contributed by atoms with Crippen LogP contribution in [0.4, 0.5) is 10.5 Å². The van der Waals surface area contributed by atoms with Crippen molar-refractivity contribution in [2.45, 2.75) is 25.6 Å². The van der Waals surface area contributed by atoms with E-state index in [-0.39, 0.29) is 18.7 Å². The highest BCUT2D eigenvalue weighted by atomic mass is 35.5. The Morgan fingerprint density at radius 1 is 1.48 bits per heavy atom. The minimum atomic E-state index is -0.499. The van der Waals surface area contributed by atoms with E-state index in [2.05, 4.69) is 5.32 Å². The molecule has 1 aromatic carbocycles. The average Bonchev–Trinajstić information content (AvgIpc) is 2.41. The molecule has 2 N–H and O–H groups in total. The summed E-state index contributed by atoms with van der Waals surface area (Å²) in [6.45, 7) is 4.42. The zero-order chi connectivity index (χ0) is 15.6. The molecule has 1 heterocycles. The van der Waals surface area contributed by atoms with Crippen molar-refractivity contribution in [3.05, 3.63) is 28.2 Å². The molecule has 2 amide bonds. The number of carbonyl (C=O) groups is 1. The van der Waals surface area contributed by atoms with Crippen LogP contribution in [0.2, 0.25) is 10.0 Å². The molecule has 21 heavy (non-hydrogen) atoms. The molecule has 2 rings (SSSR count). The van der Waals surface area contributed by atoms with Crippen LogP contribution in [0.15, 0.2) is 18.2 Å². The maximum atomic E-state index is 12.3. The molecule has 1 unspecified atom stereocenters. The zero-order valence-corrected chi connectivity index (χ0v) is 13.4. The van der Waals surface area contributed by atoms with Gasteiger partial charge in [0.2, 0.25) is 0 Å². The number of rotatable bonds is 2. The second kappa shape index (κ2) is 6.40. The summed E-state index contributed by atoms with van der Waals surface area (Å²) in [7, 11) is 0. The van der Waals surface area contributed by atoms with Gasteiger partial charge in [-0.15, -0.1) is 0 Å². The van der Waals surface area contributed by atoms with Crippen molar-refractivity contribution < 1.29 is 14.6 Å². The third kappa shape index (κ3) is 4.23. The van der Waals surface area contributed by atoms with Gasteiger partial charge in [0.1, 0.15) is 0 Å². The number of benzene rings is 1. The van der Waals surface area contributed by atoms with Crippen LogP contribution in [-0.2, 0) is 4.74 Å². The Morgan fingerprint density at radius 2 is 2.19 bits per heavy atom. The van der Waals surface area contributed by atoms with E-state index in [1.807, 2.05) is 13.8 Å². The van der Waals surface area contributed by atoms with Gasteiger partial charge in [-0.25, -0.2) is 4.79 Å². The van der Waals surface area contributed by atoms with Crippen LogP contribution in [0.5, 0.6) is 0 Å². The Hall–Kier alpha value is -1.01. The summed E-state index contributed by atoms with van der Waals surface area (Å²) in [6, 6.07) is 4.64. The van der Waals surface area contributed by atoms with Gasteiger partial charge in [0, 0.05) is 5.69 Å². The summed E-state index contributed by atoms with van der Waals surface area (Å²) in [5, 5.41) is 12.8. The van der Waals surface area contributed by atoms with Gasteiger partial charge in [0.05, 0.1) is 41.4 Å². The van der Waals surface area contributed by atoms with Gasteiger partial charge in [0.25, 0.3) is 0 Å². The van der Waals surface area contributed by atoms with Crippen LogP contribution in [0.1, 0.15) is 13.8 Å². The lowest BCUT2D eigenvalue weighted by atomic mass is 10.1. The number of amides is 2. The van der Waals surface area contributed by atoms with E-state index < -0.39 is 5.60 Å². The second-order valence-electron chi connectivity index (χ2n) is 5.62. The van der Waals surface area contributed by atoms with Crippen molar-refractivity contribution in [3.63, 3.8) is 0 Å². The van der Waals surface area contributed by atoms with E-state index in [0.717, 1.165) is 0 Å². The Balaban J connectivity index is 2.06. The largest absolute Gasteiger partial charge is 0.394 e. The molecule has 0 spiro atoms. The number of anilines is 1. The highest BCUT2D eigenvalue weighted by Crippen LogP contribution is 2.26. The fourth-order valence-corrected chi connectivity index (χ4v) is 2.62. The first-order valence-corrected chi connectivity index (χ1v) is 7.36. The van der Waals surface area contributed by atoms with E-state index in [9.17, 15) is 9.90 Å². The molecule has 1 saturated heterocycles. The maximum absolute atomic E-state index is 12.3. The predicted octanol–water partition coefficient (Wildman–Crippen LogP) is 3.00. The molecule has 0 bridgehead atoms. The smallest absolute Gasteiger partial charge is 0.322 e. The number of hydrogen-bond donors (Lipinski definition) is 2. The molecule has 1 aliphatic rings. The number of nitrogens with one attached hydrogen (secondary N) is 1. The van der Waals surface area contributed by atoms with Crippen molar-refractivity contribution in [3.8, 4) is 0 Å². The molecule has 1 aliphatic heterocycles. The number of morpholine rings is 1. The number of carbonyl (C=O) groups excluding carboxylic acids is 1. The topological polar surface area (TPSA) is 61.8 Å². The Morgan fingerprint density at radius 3 is 2.81 bits per heavy atom. The standard InChI is InChI=1S/C14H18Cl2N2O3/c1-14(2)8-18(6-10(7-19)21-14)13(20)17-9-3-4-11(15)12(16)5-9/h3-5,10,19H,6-8H2,1-2H3,(H,17,20). The minimum absolute atomic E-state index is 0.125. The fraction of sp³-hybridized carbons (Fsp3) is 0.500. The van der Waals surface area contributed by atoms with E-state index >= 15 is 0 Å². The summed E-state index contributed by atoms with van der Waals surface area (Å²) in [4.78, 5) is 13.9. The Kier molecular flexibility index (Phi) is 4.99. The van der Waals surface area contributed by atoms with Gasteiger partial charge >= 0.3 is 6.03 Å². The first kappa shape index (κ1) is 16.4. The quantitative estimate of drug-likeness (QED) is 0.875. The molecular weight excluding hydrogens is 315 g/mol. The monoisotopic (exact) mass is 332 g/mol. The molecule has 1 aromatic rings. The highest BCUT2D eigenvalue weighted by molar-refractivity contribution is 6.42. The number of nitrogens with zero attached hydrogens (tertiary/aromatic N) is 1. The number of urea groups is 1. The van der Waals surface area contributed by atoms with Crippen molar-refractivity contribution >= 4 is 34.9 Å². The first-order chi connectivity index (χ1) is 9.80. The van der Waals surface area contributed by atoms with Crippen LogP contribution in [0, 0.1) is 0 Å². The third-order valence-corrected chi connectivity index (χ3v) is 3.88. The summed E-state index contributed by atoms with van der Waals surface area (Å²) in [6.07, 6.45) is -0.381. The predicted molar refractivity (Wildman–Crippen MR) is 83.1 cm³/mol. The lowest BCUT2D eigenvalue weighted by Crippen LogP contribution is -2.56. The SMILES string of the molecule is CC1(C)CN(C(=O)Nc2ccc(Cl)c(Cl)c2)CC(CO)O1. The second-order valence-corrected chi connectivity index (χ2v) is 6.44. The van der Waals surface area contributed by atoms with Crippen molar-refractivity contribution in [2.75, 3.05) is 25.0 Å². The lowest BCUT2D eigenvalue weighted by Gasteiger charge is -2.42.